The number of benzene rings is 1. The molecule has 0 saturated heterocycles. The number of hydrogen-bond donors (Lipinski definition) is 0. The second kappa shape index (κ2) is 5.04. The normalized spacial score (nSPS) is 12.6. The van der Waals surface area contributed by atoms with Gasteiger partial charge in [0.05, 0.1) is 7.11 Å². The third-order valence-electron chi connectivity index (χ3n) is 2.81. The Balaban J connectivity index is 3.04. The molecule has 0 fully saturated rings. The zero-order valence-corrected chi connectivity index (χ0v) is 9.63. The van der Waals surface area contributed by atoms with Crippen LogP contribution in [0.4, 0.5) is 0 Å². The third kappa shape index (κ3) is 2.50. The van der Waals surface area contributed by atoms with Gasteiger partial charge in [0.15, 0.2) is 0 Å². The van der Waals surface area contributed by atoms with Gasteiger partial charge in [-0.15, -0.1) is 0 Å². The molecule has 0 saturated carbocycles. The van der Waals surface area contributed by atoms with Crippen LogP contribution in [0.2, 0.25) is 0 Å². The molecule has 1 aromatic carbocycles. The lowest BCUT2D eigenvalue weighted by Gasteiger charge is -2.12. The van der Waals surface area contributed by atoms with Gasteiger partial charge in [0.25, 0.3) is 0 Å². The van der Waals surface area contributed by atoms with Crippen LogP contribution in [0.1, 0.15) is 44.2 Å². The Labute approximate surface area is 87.1 Å². The topological polar surface area (TPSA) is 9.23 Å². The smallest absolute Gasteiger partial charge is 0.119 e. The zero-order valence-electron chi connectivity index (χ0n) is 9.63. The summed E-state index contributed by atoms with van der Waals surface area (Å²) in [7, 11) is 1.73. The molecule has 0 bridgehead atoms. The highest BCUT2D eigenvalue weighted by Crippen LogP contribution is 2.25. The van der Waals surface area contributed by atoms with Crippen LogP contribution in [-0.4, -0.2) is 7.11 Å². The van der Waals surface area contributed by atoms with E-state index in [0.717, 1.165) is 12.2 Å². The van der Waals surface area contributed by atoms with Crippen molar-refractivity contribution in [3.05, 3.63) is 29.3 Å². The van der Waals surface area contributed by atoms with E-state index in [0.29, 0.717) is 5.92 Å². The van der Waals surface area contributed by atoms with Gasteiger partial charge in [0.2, 0.25) is 0 Å². The molecule has 0 aliphatic carbocycles. The molecular formula is C13H20O. The van der Waals surface area contributed by atoms with E-state index in [4.69, 9.17) is 4.74 Å². The minimum absolute atomic E-state index is 0.621. The number of rotatable bonds is 4. The van der Waals surface area contributed by atoms with Crippen LogP contribution in [0.25, 0.3) is 0 Å². The Morgan fingerprint density at radius 3 is 2.43 bits per heavy atom. The van der Waals surface area contributed by atoms with Crippen molar-refractivity contribution in [2.75, 3.05) is 7.11 Å². The minimum Gasteiger partial charge on any atom is -0.497 e. The van der Waals surface area contributed by atoms with Gasteiger partial charge in [-0.2, -0.15) is 0 Å². The Bertz CT molecular complexity index is 269. The van der Waals surface area contributed by atoms with Crippen LogP contribution < -0.4 is 4.74 Å². The van der Waals surface area contributed by atoms with Crippen LogP contribution in [-0.2, 0) is 6.42 Å². The summed E-state index contributed by atoms with van der Waals surface area (Å²) in [5.74, 6) is 1.61. The summed E-state index contributed by atoms with van der Waals surface area (Å²) >= 11 is 0. The van der Waals surface area contributed by atoms with Gasteiger partial charge in [-0.05, 0) is 42.0 Å². The molecule has 14 heavy (non-hydrogen) atoms. The second-order valence-corrected chi connectivity index (χ2v) is 3.78. The van der Waals surface area contributed by atoms with E-state index in [1.807, 2.05) is 0 Å². The molecule has 1 aromatic rings. The molecule has 0 N–H and O–H groups in total. The fraction of sp³-hybridized carbons (Fsp3) is 0.538. The second-order valence-electron chi connectivity index (χ2n) is 3.78. The van der Waals surface area contributed by atoms with Gasteiger partial charge in [0, 0.05) is 0 Å². The van der Waals surface area contributed by atoms with Crippen LogP contribution in [0.15, 0.2) is 18.2 Å². The Hall–Kier alpha value is -0.980. The summed E-state index contributed by atoms with van der Waals surface area (Å²) in [6.45, 7) is 6.65. The first-order chi connectivity index (χ1) is 6.71. The van der Waals surface area contributed by atoms with E-state index in [2.05, 4.69) is 39.0 Å². The van der Waals surface area contributed by atoms with Gasteiger partial charge in [-0.3, -0.25) is 0 Å². The lowest BCUT2D eigenvalue weighted by Crippen LogP contribution is -1.95. The fourth-order valence-corrected chi connectivity index (χ4v) is 1.53. The average Bonchev–Trinajstić information content (AvgIpc) is 2.27. The summed E-state index contributed by atoms with van der Waals surface area (Å²) in [6.07, 6.45) is 2.25. The zero-order chi connectivity index (χ0) is 10.6. The highest BCUT2D eigenvalue weighted by atomic mass is 16.5. The fourth-order valence-electron chi connectivity index (χ4n) is 1.53. The summed E-state index contributed by atoms with van der Waals surface area (Å²) < 4.78 is 5.29. The number of hydrogen-bond acceptors (Lipinski definition) is 1. The molecular weight excluding hydrogens is 172 g/mol. The molecule has 0 heterocycles. The van der Waals surface area contributed by atoms with Crippen molar-refractivity contribution in [2.45, 2.75) is 39.5 Å². The first-order valence-corrected chi connectivity index (χ1v) is 5.39. The molecule has 1 heteroatoms. The predicted octanol–water partition coefficient (Wildman–Crippen LogP) is 3.77. The SMILES string of the molecule is CCc1cc(OC)cc(C(C)CC)c1. The summed E-state index contributed by atoms with van der Waals surface area (Å²) in [5, 5.41) is 0. The van der Waals surface area contributed by atoms with Crippen LogP contribution in [0, 0.1) is 0 Å². The molecule has 0 radical (unpaired) electrons. The monoisotopic (exact) mass is 192 g/mol. The molecule has 1 nitrogen and oxygen atoms in total. The Morgan fingerprint density at radius 1 is 1.21 bits per heavy atom. The maximum Gasteiger partial charge on any atom is 0.119 e. The molecule has 1 rings (SSSR count). The minimum atomic E-state index is 0.621. The van der Waals surface area contributed by atoms with E-state index >= 15 is 0 Å². The van der Waals surface area contributed by atoms with E-state index in [-0.39, 0.29) is 0 Å². The van der Waals surface area contributed by atoms with E-state index in [9.17, 15) is 0 Å². The van der Waals surface area contributed by atoms with Gasteiger partial charge in [-0.1, -0.05) is 26.8 Å². The molecule has 0 aromatic heterocycles. The van der Waals surface area contributed by atoms with Crippen molar-refractivity contribution in [1.29, 1.82) is 0 Å². The van der Waals surface area contributed by atoms with Crippen molar-refractivity contribution in [3.8, 4) is 5.75 Å². The van der Waals surface area contributed by atoms with Crippen molar-refractivity contribution in [3.63, 3.8) is 0 Å². The number of ether oxygens (including phenoxy) is 1. The molecule has 0 amide bonds. The summed E-state index contributed by atoms with van der Waals surface area (Å²) in [5.41, 5.74) is 2.75. The van der Waals surface area contributed by atoms with Gasteiger partial charge in [-0.25, -0.2) is 0 Å². The Kier molecular flexibility index (Phi) is 3.99. The van der Waals surface area contributed by atoms with E-state index < -0.39 is 0 Å². The molecule has 0 aliphatic rings. The number of methoxy groups -OCH3 is 1. The summed E-state index contributed by atoms with van der Waals surface area (Å²) in [6, 6.07) is 6.55. The van der Waals surface area contributed by atoms with Gasteiger partial charge in [0.1, 0.15) is 5.75 Å². The van der Waals surface area contributed by atoms with Crippen LogP contribution in [0.5, 0.6) is 5.75 Å². The van der Waals surface area contributed by atoms with Crippen LogP contribution in [0.3, 0.4) is 0 Å². The molecule has 1 atom stereocenters. The van der Waals surface area contributed by atoms with Crippen molar-refractivity contribution < 1.29 is 4.74 Å². The van der Waals surface area contributed by atoms with Crippen molar-refractivity contribution in [2.24, 2.45) is 0 Å². The molecule has 78 valence electrons. The maximum atomic E-state index is 5.29. The molecule has 0 aliphatic heterocycles. The van der Waals surface area contributed by atoms with E-state index in [1.165, 1.54) is 17.5 Å². The van der Waals surface area contributed by atoms with Crippen molar-refractivity contribution in [1.82, 2.24) is 0 Å². The third-order valence-corrected chi connectivity index (χ3v) is 2.81. The van der Waals surface area contributed by atoms with Crippen LogP contribution >= 0.6 is 0 Å². The summed E-state index contributed by atoms with van der Waals surface area (Å²) in [4.78, 5) is 0. The highest BCUT2D eigenvalue weighted by molar-refractivity contribution is 5.36. The van der Waals surface area contributed by atoms with Gasteiger partial charge >= 0.3 is 0 Å². The van der Waals surface area contributed by atoms with Crippen molar-refractivity contribution >= 4 is 0 Å². The first-order valence-electron chi connectivity index (χ1n) is 5.39. The molecule has 1 unspecified atom stereocenters. The van der Waals surface area contributed by atoms with E-state index in [1.54, 1.807) is 7.11 Å². The largest absolute Gasteiger partial charge is 0.497 e. The Morgan fingerprint density at radius 2 is 1.93 bits per heavy atom. The standard InChI is InChI=1S/C13H20O/c1-5-10(3)12-7-11(6-2)8-13(9-12)14-4/h7-10H,5-6H2,1-4H3. The lowest BCUT2D eigenvalue weighted by molar-refractivity contribution is 0.413. The number of aryl methyl sites for hydroxylation is 1. The molecule has 0 spiro atoms. The predicted molar refractivity (Wildman–Crippen MR) is 61.1 cm³/mol. The quantitative estimate of drug-likeness (QED) is 0.705. The first kappa shape index (κ1) is 11.1. The highest BCUT2D eigenvalue weighted by Gasteiger charge is 2.06. The average molecular weight is 192 g/mol. The maximum absolute atomic E-state index is 5.29. The lowest BCUT2D eigenvalue weighted by atomic mass is 9.96. The van der Waals surface area contributed by atoms with Gasteiger partial charge < -0.3 is 4.74 Å².